The molecule has 3 rings (SSSR count). The third-order valence-corrected chi connectivity index (χ3v) is 3.31. The molecule has 0 bridgehead atoms. The van der Waals surface area contributed by atoms with Gasteiger partial charge in [-0.1, -0.05) is 12.1 Å². The Labute approximate surface area is 98.0 Å². The highest BCUT2D eigenvalue weighted by molar-refractivity contribution is 6.10. The molecule has 1 aromatic rings. The quantitative estimate of drug-likeness (QED) is 0.686. The number of benzene rings is 1. The normalized spacial score (nSPS) is 27.2. The predicted molar refractivity (Wildman–Crippen MR) is 60.3 cm³/mol. The molecule has 5 heteroatoms. The summed E-state index contributed by atoms with van der Waals surface area (Å²) in [6.07, 6.45) is 0.100. The van der Waals surface area contributed by atoms with E-state index in [1.165, 1.54) is 4.90 Å². The van der Waals surface area contributed by atoms with E-state index in [1.807, 2.05) is 0 Å². The number of nitrogens with one attached hydrogen (secondary N) is 1. The van der Waals surface area contributed by atoms with Crippen LogP contribution in [-0.2, 0) is 4.79 Å². The number of carbonyl (C=O) groups is 2. The Kier molecular flexibility index (Phi) is 2.16. The molecule has 0 radical (unpaired) electrons. The van der Waals surface area contributed by atoms with Crippen molar-refractivity contribution in [1.29, 1.82) is 0 Å². The van der Waals surface area contributed by atoms with Crippen molar-refractivity contribution in [2.24, 2.45) is 0 Å². The SMILES string of the molecule is O=C1Nc2ccccc2C(=O)N2C(O)CCC12. The number of carbonyl (C=O) groups excluding carboxylic acids is 2. The molecule has 2 unspecified atom stereocenters. The van der Waals surface area contributed by atoms with Gasteiger partial charge in [-0.3, -0.25) is 9.59 Å². The first-order chi connectivity index (χ1) is 8.18. The molecule has 2 atom stereocenters. The van der Waals surface area contributed by atoms with Crippen molar-refractivity contribution in [2.75, 3.05) is 5.32 Å². The largest absolute Gasteiger partial charge is 0.373 e. The maximum Gasteiger partial charge on any atom is 0.258 e. The van der Waals surface area contributed by atoms with Crippen LogP contribution in [0.3, 0.4) is 0 Å². The van der Waals surface area contributed by atoms with Crippen molar-refractivity contribution in [3.8, 4) is 0 Å². The lowest BCUT2D eigenvalue weighted by molar-refractivity contribution is -0.121. The molecule has 1 saturated heterocycles. The number of hydrogen-bond acceptors (Lipinski definition) is 3. The Morgan fingerprint density at radius 1 is 1.24 bits per heavy atom. The number of aliphatic hydroxyl groups excluding tert-OH is 1. The van der Waals surface area contributed by atoms with Crippen molar-refractivity contribution in [2.45, 2.75) is 25.1 Å². The Hall–Kier alpha value is -1.88. The smallest absolute Gasteiger partial charge is 0.258 e. The zero-order chi connectivity index (χ0) is 12.0. The summed E-state index contributed by atoms with van der Waals surface area (Å²) in [4.78, 5) is 25.5. The third kappa shape index (κ3) is 1.43. The molecule has 88 valence electrons. The van der Waals surface area contributed by atoms with Crippen molar-refractivity contribution in [3.05, 3.63) is 29.8 Å². The molecule has 0 aromatic heterocycles. The van der Waals surface area contributed by atoms with E-state index in [1.54, 1.807) is 24.3 Å². The monoisotopic (exact) mass is 232 g/mol. The second-order valence-electron chi connectivity index (χ2n) is 4.32. The van der Waals surface area contributed by atoms with Crippen molar-refractivity contribution in [3.63, 3.8) is 0 Å². The van der Waals surface area contributed by atoms with Gasteiger partial charge in [0.2, 0.25) is 5.91 Å². The van der Waals surface area contributed by atoms with E-state index in [-0.39, 0.29) is 11.8 Å². The van der Waals surface area contributed by atoms with Crippen LogP contribution in [0.15, 0.2) is 24.3 Å². The van der Waals surface area contributed by atoms with Crippen LogP contribution in [0.4, 0.5) is 5.69 Å². The molecule has 2 heterocycles. The van der Waals surface area contributed by atoms with Crippen LogP contribution < -0.4 is 5.32 Å². The summed E-state index contributed by atoms with van der Waals surface area (Å²) in [7, 11) is 0. The van der Waals surface area contributed by atoms with Gasteiger partial charge in [-0.15, -0.1) is 0 Å². The summed E-state index contributed by atoms with van der Waals surface area (Å²) in [6, 6.07) is 6.31. The minimum Gasteiger partial charge on any atom is -0.373 e. The van der Waals surface area contributed by atoms with Crippen LogP contribution in [0.2, 0.25) is 0 Å². The molecule has 1 fully saturated rings. The molecule has 2 aliphatic heterocycles. The Morgan fingerprint density at radius 2 is 2.00 bits per heavy atom. The van der Waals surface area contributed by atoms with Crippen molar-refractivity contribution >= 4 is 17.5 Å². The Bertz CT molecular complexity index is 500. The summed E-state index contributed by atoms with van der Waals surface area (Å²) in [5.41, 5.74) is 0.952. The molecule has 5 nitrogen and oxygen atoms in total. The fourth-order valence-electron chi connectivity index (χ4n) is 2.46. The Balaban J connectivity index is 2.12. The number of rotatable bonds is 0. The second-order valence-corrected chi connectivity index (χ2v) is 4.32. The van der Waals surface area contributed by atoms with Crippen molar-refractivity contribution in [1.82, 2.24) is 4.90 Å². The zero-order valence-corrected chi connectivity index (χ0v) is 9.09. The lowest BCUT2D eigenvalue weighted by atomic mass is 10.1. The van der Waals surface area contributed by atoms with E-state index in [0.29, 0.717) is 24.1 Å². The summed E-state index contributed by atoms with van der Waals surface area (Å²) < 4.78 is 0. The van der Waals surface area contributed by atoms with Crippen LogP contribution >= 0.6 is 0 Å². The minimum atomic E-state index is -0.857. The topological polar surface area (TPSA) is 69.6 Å². The fourth-order valence-corrected chi connectivity index (χ4v) is 2.46. The first-order valence-electron chi connectivity index (χ1n) is 5.59. The lowest BCUT2D eigenvalue weighted by Crippen LogP contribution is -2.44. The van der Waals surface area contributed by atoms with Gasteiger partial charge >= 0.3 is 0 Å². The Morgan fingerprint density at radius 3 is 2.82 bits per heavy atom. The van der Waals surface area contributed by atoms with E-state index in [2.05, 4.69) is 5.32 Å². The molecular weight excluding hydrogens is 220 g/mol. The van der Waals surface area contributed by atoms with Gasteiger partial charge < -0.3 is 15.3 Å². The average Bonchev–Trinajstić information content (AvgIpc) is 2.66. The van der Waals surface area contributed by atoms with Crippen LogP contribution in [0.5, 0.6) is 0 Å². The van der Waals surface area contributed by atoms with E-state index >= 15 is 0 Å². The van der Waals surface area contributed by atoms with Gasteiger partial charge in [-0.05, 0) is 25.0 Å². The molecule has 2 aliphatic rings. The van der Waals surface area contributed by atoms with Gasteiger partial charge in [0.25, 0.3) is 5.91 Å². The summed E-state index contributed by atoms with van der Waals surface area (Å²) in [5, 5.41) is 12.5. The van der Waals surface area contributed by atoms with E-state index < -0.39 is 12.3 Å². The summed E-state index contributed by atoms with van der Waals surface area (Å²) in [5.74, 6) is -0.506. The highest BCUT2D eigenvalue weighted by Gasteiger charge is 2.43. The van der Waals surface area contributed by atoms with Gasteiger partial charge in [-0.2, -0.15) is 0 Å². The van der Waals surface area contributed by atoms with Gasteiger partial charge in [0.15, 0.2) is 0 Å². The number of hydrogen-bond donors (Lipinski definition) is 2. The zero-order valence-electron chi connectivity index (χ0n) is 9.09. The van der Waals surface area contributed by atoms with Crippen molar-refractivity contribution < 1.29 is 14.7 Å². The number of aliphatic hydroxyl groups is 1. The number of amides is 2. The van der Waals surface area contributed by atoms with Crippen LogP contribution in [0.25, 0.3) is 0 Å². The van der Waals surface area contributed by atoms with Gasteiger partial charge in [-0.25, -0.2) is 0 Å². The highest BCUT2D eigenvalue weighted by atomic mass is 16.3. The van der Waals surface area contributed by atoms with E-state index in [9.17, 15) is 14.7 Å². The molecule has 0 spiro atoms. The highest BCUT2D eigenvalue weighted by Crippen LogP contribution is 2.31. The number of nitrogens with zero attached hydrogens (tertiary/aromatic N) is 1. The summed E-state index contributed by atoms with van der Waals surface area (Å²) >= 11 is 0. The van der Waals surface area contributed by atoms with Crippen LogP contribution in [0, 0.1) is 0 Å². The minimum absolute atomic E-state index is 0.222. The summed E-state index contributed by atoms with van der Waals surface area (Å²) in [6.45, 7) is 0. The third-order valence-electron chi connectivity index (χ3n) is 3.31. The predicted octanol–water partition coefficient (Wildman–Crippen LogP) is 0.562. The van der Waals surface area contributed by atoms with E-state index in [4.69, 9.17) is 0 Å². The second kappa shape index (κ2) is 3.56. The first kappa shape index (κ1) is 10.3. The van der Waals surface area contributed by atoms with Crippen LogP contribution in [-0.4, -0.2) is 34.1 Å². The fraction of sp³-hybridized carbons (Fsp3) is 0.333. The maximum absolute atomic E-state index is 12.2. The van der Waals surface area contributed by atoms with Crippen LogP contribution in [0.1, 0.15) is 23.2 Å². The van der Waals surface area contributed by atoms with E-state index in [0.717, 1.165) is 0 Å². The van der Waals surface area contributed by atoms with Gasteiger partial charge in [0, 0.05) is 0 Å². The number of fused-ring (bicyclic) bond motifs is 2. The van der Waals surface area contributed by atoms with Gasteiger partial charge in [0.1, 0.15) is 12.3 Å². The van der Waals surface area contributed by atoms with Gasteiger partial charge in [0.05, 0.1) is 11.3 Å². The molecule has 0 aliphatic carbocycles. The maximum atomic E-state index is 12.2. The molecule has 0 saturated carbocycles. The molecule has 2 amide bonds. The number of para-hydroxylation sites is 1. The molecule has 2 N–H and O–H groups in total. The molecular formula is C12H12N2O3. The average molecular weight is 232 g/mol. The molecule has 17 heavy (non-hydrogen) atoms. The lowest BCUT2D eigenvalue weighted by Gasteiger charge is -2.23. The number of anilines is 1. The standard InChI is InChI=1S/C12H12N2O3/c15-10-6-5-9-11(16)13-8-4-2-1-3-7(8)12(17)14(9)10/h1-4,9-10,15H,5-6H2,(H,13,16). The molecule has 1 aromatic carbocycles. The first-order valence-corrected chi connectivity index (χ1v) is 5.59.